The van der Waals surface area contributed by atoms with Crippen LogP contribution >= 0.6 is 0 Å². The van der Waals surface area contributed by atoms with Crippen molar-refractivity contribution in [2.24, 2.45) is 0 Å². The number of hydrogen-bond acceptors (Lipinski definition) is 5. The van der Waals surface area contributed by atoms with Crippen LogP contribution in [0.3, 0.4) is 0 Å². The molecule has 0 bridgehead atoms. The number of benzene rings is 3. The second-order valence-corrected chi connectivity index (χ2v) is 6.20. The van der Waals surface area contributed by atoms with E-state index in [2.05, 4.69) is 10.9 Å². The number of fused-ring (bicyclic) bond motifs is 2. The highest BCUT2D eigenvalue weighted by atomic mass is 16.6. The number of para-hydroxylation sites is 2. The normalized spacial score (nSPS) is 14.9. The summed E-state index contributed by atoms with van der Waals surface area (Å²) in [7, 11) is 0. The number of carbonyl (C=O) groups is 2. The van der Waals surface area contributed by atoms with Crippen LogP contribution in [0.25, 0.3) is 10.8 Å². The summed E-state index contributed by atoms with van der Waals surface area (Å²) in [6.45, 7) is -0.171. The lowest BCUT2D eigenvalue weighted by atomic mass is 10.1. The SMILES string of the molecule is O=C(COc1ccc2ccccc2c1)NNC(=O)[C@@H]1COc2ccccc2O1. The lowest BCUT2D eigenvalue weighted by Gasteiger charge is -2.25. The number of amides is 2. The summed E-state index contributed by atoms with van der Waals surface area (Å²) in [5.41, 5.74) is 4.64. The Kier molecular flexibility index (Phi) is 4.97. The summed E-state index contributed by atoms with van der Waals surface area (Å²) in [4.78, 5) is 24.1. The highest BCUT2D eigenvalue weighted by molar-refractivity contribution is 5.86. The summed E-state index contributed by atoms with van der Waals surface area (Å²) in [6.07, 6.45) is -0.850. The number of nitrogens with one attached hydrogen (secondary N) is 2. The van der Waals surface area contributed by atoms with E-state index >= 15 is 0 Å². The van der Waals surface area contributed by atoms with E-state index in [-0.39, 0.29) is 13.2 Å². The molecule has 4 rings (SSSR count). The maximum atomic E-state index is 12.2. The molecule has 1 atom stereocenters. The first-order valence-electron chi connectivity index (χ1n) is 8.78. The minimum Gasteiger partial charge on any atom is -0.485 e. The lowest BCUT2D eigenvalue weighted by Crippen LogP contribution is -2.51. The van der Waals surface area contributed by atoms with Crippen molar-refractivity contribution in [2.75, 3.05) is 13.2 Å². The molecular weight excluding hydrogens is 360 g/mol. The minimum absolute atomic E-state index is 0.0618. The molecule has 3 aromatic carbocycles. The second kappa shape index (κ2) is 7.87. The summed E-state index contributed by atoms with van der Waals surface area (Å²) in [5.74, 6) is 0.646. The van der Waals surface area contributed by atoms with Crippen LogP contribution in [-0.4, -0.2) is 31.1 Å². The molecule has 0 aliphatic carbocycles. The molecule has 1 heterocycles. The first-order valence-corrected chi connectivity index (χ1v) is 8.78. The molecule has 0 fully saturated rings. The van der Waals surface area contributed by atoms with E-state index in [1.165, 1.54) is 0 Å². The van der Waals surface area contributed by atoms with Crippen molar-refractivity contribution in [2.45, 2.75) is 6.10 Å². The van der Waals surface area contributed by atoms with Gasteiger partial charge in [0.1, 0.15) is 12.4 Å². The molecule has 3 aromatic rings. The van der Waals surface area contributed by atoms with Crippen LogP contribution in [0.5, 0.6) is 17.2 Å². The van der Waals surface area contributed by atoms with Crippen LogP contribution in [-0.2, 0) is 9.59 Å². The summed E-state index contributed by atoms with van der Waals surface area (Å²) in [5, 5.41) is 2.10. The van der Waals surface area contributed by atoms with Gasteiger partial charge in [-0.2, -0.15) is 0 Å². The van der Waals surface area contributed by atoms with Crippen molar-refractivity contribution in [3.05, 3.63) is 66.7 Å². The van der Waals surface area contributed by atoms with Crippen molar-refractivity contribution in [1.29, 1.82) is 0 Å². The molecule has 142 valence electrons. The zero-order valence-corrected chi connectivity index (χ0v) is 14.9. The van der Waals surface area contributed by atoms with Crippen LogP contribution < -0.4 is 25.1 Å². The minimum atomic E-state index is -0.850. The fourth-order valence-corrected chi connectivity index (χ4v) is 2.80. The van der Waals surface area contributed by atoms with E-state index in [0.29, 0.717) is 17.2 Å². The molecule has 1 aliphatic rings. The molecule has 0 radical (unpaired) electrons. The predicted octanol–water partition coefficient (Wildman–Crippen LogP) is 2.21. The summed E-state index contributed by atoms with van der Waals surface area (Å²) >= 11 is 0. The first kappa shape index (κ1) is 17.7. The zero-order chi connectivity index (χ0) is 19.3. The van der Waals surface area contributed by atoms with Gasteiger partial charge in [0.15, 0.2) is 18.1 Å². The van der Waals surface area contributed by atoms with Crippen molar-refractivity contribution in [3.8, 4) is 17.2 Å². The zero-order valence-electron chi connectivity index (χ0n) is 14.9. The monoisotopic (exact) mass is 378 g/mol. The van der Waals surface area contributed by atoms with E-state index in [1.54, 1.807) is 24.3 Å². The van der Waals surface area contributed by atoms with Gasteiger partial charge in [0.05, 0.1) is 0 Å². The Hall–Kier alpha value is -3.74. The molecule has 0 saturated heterocycles. The number of rotatable bonds is 4. The van der Waals surface area contributed by atoms with Crippen molar-refractivity contribution in [1.82, 2.24) is 10.9 Å². The number of carbonyl (C=O) groups excluding carboxylic acids is 2. The third kappa shape index (κ3) is 3.98. The largest absolute Gasteiger partial charge is 0.485 e. The van der Waals surface area contributed by atoms with E-state index in [0.717, 1.165) is 10.8 Å². The van der Waals surface area contributed by atoms with Gasteiger partial charge >= 0.3 is 0 Å². The van der Waals surface area contributed by atoms with Crippen molar-refractivity contribution < 1.29 is 23.8 Å². The van der Waals surface area contributed by atoms with Gasteiger partial charge in [-0.15, -0.1) is 0 Å². The van der Waals surface area contributed by atoms with Crippen molar-refractivity contribution >= 4 is 22.6 Å². The molecular formula is C21H18N2O5. The Morgan fingerprint density at radius 2 is 1.68 bits per heavy atom. The summed E-state index contributed by atoms with van der Waals surface area (Å²) in [6, 6.07) is 20.5. The van der Waals surface area contributed by atoms with E-state index < -0.39 is 17.9 Å². The number of hydrazine groups is 1. The Bertz CT molecular complexity index is 1020. The Morgan fingerprint density at radius 3 is 2.54 bits per heavy atom. The highest BCUT2D eigenvalue weighted by Crippen LogP contribution is 2.30. The maximum Gasteiger partial charge on any atom is 0.283 e. The standard InChI is InChI=1S/C21H18N2O5/c24-20(13-26-16-10-9-14-5-1-2-6-15(14)11-16)22-23-21(25)19-12-27-17-7-3-4-8-18(17)28-19/h1-11,19H,12-13H2,(H,22,24)(H,23,25)/t19-/m0/s1. The average Bonchev–Trinajstić information content (AvgIpc) is 2.75. The Balaban J connectivity index is 1.25. The number of ether oxygens (including phenoxy) is 3. The molecule has 2 N–H and O–H groups in total. The molecule has 7 nitrogen and oxygen atoms in total. The van der Waals surface area contributed by atoms with Crippen LogP contribution in [0, 0.1) is 0 Å². The third-order valence-electron chi connectivity index (χ3n) is 4.22. The van der Waals surface area contributed by atoms with Gasteiger partial charge in [-0.25, -0.2) is 0 Å². The second-order valence-electron chi connectivity index (χ2n) is 6.20. The summed E-state index contributed by atoms with van der Waals surface area (Å²) < 4.78 is 16.5. The van der Waals surface area contributed by atoms with Crippen molar-refractivity contribution in [3.63, 3.8) is 0 Å². The smallest absolute Gasteiger partial charge is 0.283 e. The molecule has 0 unspecified atom stereocenters. The Labute approximate surface area is 161 Å². The van der Waals surface area contributed by atoms with Crippen LogP contribution in [0.4, 0.5) is 0 Å². The fraction of sp³-hybridized carbons (Fsp3) is 0.143. The quantitative estimate of drug-likeness (QED) is 0.680. The van der Waals surface area contributed by atoms with E-state index in [1.807, 2.05) is 42.5 Å². The Morgan fingerprint density at radius 1 is 0.929 bits per heavy atom. The van der Waals surface area contributed by atoms with Crippen LogP contribution in [0.2, 0.25) is 0 Å². The van der Waals surface area contributed by atoms with Gasteiger partial charge < -0.3 is 14.2 Å². The highest BCUT2D eigenvalue weighted by Gasteiger charge is 2.27. The van der Waals surface area contributed by atoms with Gasteiger partial charge in [-0.05, 0) is 35.0 Å². The lowest BCUT2D eigenvalue weighted by molar-refractivity contribution is -0.135. The maximum absolute atomic E-state index is 12.2. The van der Waals surface area contributed by atoms with Gasteiger partial charge in [-0.3, -0.25) is 20.4 Å². The first-order chi connectivity index (χ1) is 13.7. The van der Waals surface area contributed by atoms with Gasteiger partial charge in [0.25, 0.3) is 11.8 Å². The number of hydrogen-bond donors (Lipinski definition) is 2. The predicted molar refractivity (Wildman–Crippen MR) is 102 cm³/mol. The molecule has 0 aromatic heterocycles. The van der Waals surface area contributed by atoms with E-state index in [9.17, 15) is 9.59 Å². The van der Waals surface area contributed by atoms with E-state index in [4.69, 9.17) is 14.2 Å². The molecule has 2 amide bonds. The van der Waals surface area contributed by atoms with Crippen LogP contribution in [0.1, 0.15) is 0 Å². The topological polar surface area (TPSA) is 85.9 Å². The molecule has 7 heteroatoms. The molecule has 0 spiro atoms. The van der Waals surface area contributed by atoms with Gasteiger partial charge in [0.2, 0.25) is 6.10 Å². The fourth-order valence-electron chi connectivity index (χ4n) is 2.80. The molecule has 0 saturated carbocycles. The van der Waals surface area contributed by atoms with Crippen LogP contribution in [0.15, 0.2) is 66.7 Å². The average molecular weight is 378 g/mol. The molecule has 1 aliphatic heterocycles. The third-order valence-corrected chi connectivity index (χ3v) is 4.22. The van der Waals surface area contributed by atoms with Gasteiger partial charge in [-0.1, -0.05) is 42.5 Å². The molecule has 28 heavy (non-hydrogen) atoms. The van der Waals surface area contributed by atoms with Gasteiger partial charge in [0, 0.05) is 0 Å².